The highest BCUT2D eigenvalue weighted by Crippen LogP contribution is 2.14. The summed E-state index contributed by atoms with van der Waals surface area (Å²) in [6, 6.07) is 4.05. The van der Waals surface area contributed by atoms with Gasteiger partial charge in [-0.3, -0.25) is 5.10 Å². The minimum Gasteiger partial charge on any atom is -0.276 e. The Morgan fingerprint density at radius 2 is 2.25 bits per heavy atom. The molecule has 0 aliphatic heterocycles. The molecule has 0 saturated heterocycles. The summed E-state index contributed by atoms with van der Waals surface area (Å²) in [5.74, 6) is 0.476. The first-order chi connectivity index (χ1) is 5.77. The molecule has 2 aromatic heterocycles. The largest absolute Gasteiger partial charge is 0.276 e. The van der Waals surface area contributed by atoms with Crippen molar-refractivity contribution in [3.63, 3.8) is 0 Å². The van der Waals surface area contributed by atoms with Gasteiger partial charge in [0.25, 0.3) is 0 Å². The number of hydrogen-bond acceptors (Lipinski definition) is 2. The van der Waals surface area contributed by atoms with E-state index in [1.54, 1.807) is 6.20 Å². The lowest BCUT2D eigenvalue weighted by molar-refractivity contribution is 0.830. The zero-order valence-electron chi connectivity index (χ0n) is 7.20. The monoisotopic (exact) mass is 163 g/mol. The Morgan fingerprint density at radius 3 is 3.00 bits per heavy atom. The number of hydrogen-bond donors (Lipinski definition) is 1. The van der Waals surface area contributed by atoms with E-state index in [0.29, 0.717) is 5.92 Å². The van der Waals surface area contributed by atoms with Crippen LogP contribution in [0.5, 0.6) is 0 Å². The molecule has 0 spiro atoms. The number of rotatable bonds is 1. The van der Waals surface area contributed by atoms with Gasteiger partial charge in [-0.1, -0.05) is 13.8 Å². The van der Waals surface area contributed by atoms with E-state index >= 15 is 0 Å². The van der Waals surface area contributed by atoms with Gasteiger partial charge in [-0.25, -0.2) is 4.98 Å². The molecule has 0 unspecified atom stereocenters. The van der Waals surface area contributed by atoms with E-state index in [2.05, 4.69) is 29.0 Å². The number of aromatic nitrogens is 3. The fraction of sp³-hybridized carbons (Fsp3) is 0.333. The Kier molecular flexibility index (Phi) is 1.57. The molecule has 0 aliphatic rings. The molecule has 2 heterocycles. The van der Waals surface area contributed by atoms with Crippen LogP contribution in [0, 0.1) is 0 Å². The summed E-state index contributed by atoms with van der Waals surface area (Å²) in [5.41, 5.74) is 3.06. The Balaban J connectivity index is 0.000000845. The minimum atomic E-state index is 0. The Hall–Kier alpha value is -1.38. The molecular weight excluding hydrogens is 150 g/mol. The van der Waals surface area contributed by atoms with Gasteiger partial charge < -0.3 is 0 Å². The molecule has 1 N–H and O–H groups in total. The second-order valence-corrected chi connectivity index (χ2v) is 3.19. The van der Waals surface area contributed by atoms with Gasteiger partial charge >= 0.3 is 0 Å². The zero-order chi connectivity index (χ0) is 8.55. The molecule has 2 rings (SSSR count). The zero-order valence-corrected chi connectivity index (χ0v) is 7.20. The highest BCUT2D eigenvalue weighted by molar-refractivity contribution is 5.73. The van der Waals surface area contributed by atoms with Crippen molar-refractivity contribution in [3.8, 4) is 0 Å². The molecule has 0 radical (unpaired) electrons. The number of fused-ring (bicyclic) bond motifs is 1. The summed E-state index contributed by atoms with van der Waals surface area (Å²) < 4.78 is 0. The molecule has 0 saturated carbocycles. The van der Waals surface area contributed by atoms with Gasteiger partial charge in [-0.15, -0.1) is 0 Å². The lowest BCUT2D eigenvalue weighted by atomic mass is 10.1. The van der Waals surface area contributed by atoms with Crippen LogP contribution in [-0.4, -0.2) is 15.2 Å². The van der Waals surface area contributed by atoms with Crippen LogP contribution >= 0.6 is 0 Å². The standard InChI is InChI=1S/C9H11N3.H2/c1-6(2)7-3-4-8-9(11-7)5-10-12-8;/h3-6H,1-2H3,(H,10,12);1H. The van der Waals surface area contributed by atoms with Crippen molar-refractivity contribution in [2.24, 2.45) is 0 Å². The van der Waals surface area contributed by atoms with E-state index in [0.717, 1.165) is 16.7 Å². The molecule has 0 aromatic carbocycles. The van der Waals surface area contributed by atoms with Crippen molar-refractivity contribution in [1.29, 1.82) is 0 Å². The van der Waals surface area contributed by atoms with E-state index in [1.807, 2.05) is 12.1 Å². The number of pyridine rings is 1. The molecule has 0 bridgehead atoms. The third-order valence-electron chi connectivity index (χ3n) is 1.91. The third kappa shape index (κ3) is 1.07. The van der Waals surface area contributed by atoms with Gasteiger partial charge in [0.2, 0.25) is 0 Å². The smallest absolute Gasteiger partial charge is 0.108 e. The van der Waals surface area contributed by atoms with Gasteiger partial charge in [-0.2, -0.15) is 5.10 Å². The number of nitrogens with zero attached hydrogens (tertiary/aromatic N) is 2. The van der Waals surface area contributed by atoms with Gasteiger partial charge in [0.1, 0.15) is 5.52 Å². The quantitative estimate of drug-likeness (QED) is 0.701. The van der Waals surface area contributed by atoms with E-state index in [9.17, 15) is 0 Å². The SMILES string of the molecule is CC(C)c1ccc2[nH]ncc2n1.[HH]. The van der Waals surface area contributed by atoms with E-state index < -0.39 is 0 Å². The first-order valence-electron chi connectivity index (χ1n) is 4.07. The Bertz CT molecular complexity index is 394. The van der Waals surface area contributed by atoms with Crippen molar-refractivity contribution >= 4 is 11.0 Å². The first kappa shape index (κ1) is 7.28. The van der Waals surface area contributed by atoms with Crippen molar-refractivity contribution in [3.05, 3.63) is 24.0 Å². The van der Waals surface area contributed by atoms with E-state index in [-0.39, 0.29) is 1.43 Å². The summed E-state index contributed by atoms with van der Waals surface area (Å²) in [6.45, 7) is 4.27. The third-order valence-corrected chi connectivity index (χ3v) is 1.91. The maximum Gasteiger partial charge on any atom is 0.108 e. The normalized spacial score (nSPS) is 11.2. The topological polar surface area (TPSA) is 41.6 Å². The Labute approximate surface area is 72.3 Å². The van der Waals surface area contributed by atoms with Gasteiger partial charge in [0.05, 0.1) is 11.7 Å². The molecule has 0 aliphatic carbocycles. The predicted molar refractivity (Wildman–Crippen MR) is 50.1 cm³/mol. The van der Waals surface area contributed by atoms with Gasteiger partial charge in [-0.05, 0) is 18.1 Å². The average Bonchev–Trinajstić information content (AvgIpc) is 2.49. The van der Waals surface area contributed by atoms with E-state index in [1.165, 1.54) is 0 Å². The second kappa shape index (κ2) is 2.59. The molecule has 0 fully saturated rings. The molecule has 0 amide bonds. The van der Waals surface area contributed by atoms with Crippen molar-refractivity contribution < 1.29 is 1.43 Å². The second-order valence-electron chi connectivity index (χ2n) is 3.19. The van der Waals surface area contributed by atoms with Crippen molar-refractivity contribution in [2.45, 2.75) is 19.8 Å². The summed E-state index contributed by atoms with van der Waals surface area (Å²) in [6.07, 6.45) is 1.75. The van der Waals surface area contributed by atoms with Crippen LogP contribution in [0.3, 0.4) is 0 Å². The molecule has 12 heavy (non-hydrogen) atoms. The van der Waals surface area contributed by atoms with Gasteiger partial charge in [0.15, 0.2) is 0 Å². The van der Waals surface area contributed by atoms with Crippen LogP contribution in [0.4, 0.5) is 0 Å². The first-order valence-corrected chi connectivity index (χ1v) is 4.07. The highest BCUT2D eigenvalue weighted by Gasteiger charge is 2.02. The fourth-order valence-corrected chi connectivity index (χ4v) is 1.17. The van der Waals surface area contributed by atoms with Crippen LogP contribution in [0.2, 0.25) is 0 Å². The highest BCUT2D eigenvalue weighted by atomic mass is 15.1. The van der Waals surface area contributed by atoms with Crippen LogP contribution in [0.25, 0.3) is 11.0 Å². The van der Waals surface area contributed by atoms with Crippen molar-refractivity contribution in [1.82, 2.24) is 15.2 Å². The molecule has 3 nitrogen and oxygen atoms in total. The molecular formula is C9H13N3. The van der Waals surface area contributed by atoms with E-state index in [4.69, 9.17) is 0 Å². The number of H-pyrrole nitrogens is 1. The minimum absolute atomic E-state index is 0. The maximum atomic E-state index is 4.44. The molecule has 2 aromatic rings. The molecule has 0 atom stereocenters. The van der Waals surface area contributed by atoms with Crippen molar-refractivity contribution in [2.75, 3.05) is 0 Å². The maximum absolute atomic E-state index is 4.44. The van der Waals surface area contributed by atoms with Crippen LogP contribution in [0.1, 0.15) is 26.9 Å². The Morgan fingerprint density at radius 1 is 1.42 bits per heavy atom. The molecule has 3 heteroatoms. The average molecular weight is 163 g/mol. The molecule has 64 valence electrons. The summed E-state index contributed by atoms with van der Waals surface area (Å²) in [5, 5.41) is 6.79. The lowest BCUT2D eigenvalue weighted by Gasteiger charge is -2.02. The van der Waals surface area contributed by atoms with Gasteiger partial charge in [0, 0.05) is 7.12 Å². The number of nitrogens with one attached hydrogen (secondary N) is 1. The fourth-order valence-electron chi connectivity index (χ4n) is 1.17. The summed E-state index contributed by atoms with van der Waals surface area (Å²) in [7, 11) is 0. The lowest BCUT2D eigenvalue weighted by Crippen LogP contribution is -1.90. The van der Waals surface area contributed by atoms with Crippen LogP contribution in [0.15, 0.2) is 18.3 Å². The predicted octanol–water partition coefficient (Wildman–Crippen LogP) is 2.33. The summed E-state index contributed by atoms with van der Waals surface area (Å²) in [4.78, 5) is 4.44. The number of aromatic amines is 1. The van der Waals surface area contributed by atoms with Crippen LogP contribution in [-0.2, 0) is 0 Å². The summed E-state index contributed by atoms with van der Waals surface area (Å²) >= 11 is 0. The van der Waals surface area contributed by atoms with Crippen LogP contribution < -0.4 is 0 Å².